The maximum absolute atomic E-state index is 12.5. The molecule has 1 N–H and O–H groups in total. The molecule has 1 unspecified atom stereocenters. The number of nitrogens with zero attached hydrogens (tertiary/aromatic N) is 1. The number of anilines is 1. The predicted molar refractivity (Wildman–Crippen MR) is 99.2 cm³/mol. The zero-order valence-corrected chi connectivity index (χ0v) is 15.4. The average molecular weight is 329 g/mol. The summed E-state index contributed by atoms with van der Waals surface area (Å²) in [5.41, 5.74) is 2.72. The molecule has 2 aliphatic rings. The minimum Gasteiger partial charge on any atom is -0.507 e. The monoisotopic (exact) mass is 329 g/mol. The molecule has 3 nitrogen and oxygen atoms in total. The van der Waals surface area contributed by atoms with Crippen LogP contribution in [0.2, 0.25) is 0 Å². The Kier molecular flexibility index (Phi) is 4.89. The molecule has 0 radical (unpaired) electrons. The molecule has 1 atom stereocenters. The lowest BCUT2D eigenvalue weighted by molar-refractivity contribution is 0.0966. The second kappa shape index (κ2) is 6.78. The Morgan fingerprint density at radius 1 is 1.25 bits per heavy atom. The fourth-order valence-corrected chi connectivity index (χ4v) is 4.33. The van der Waals surface area contributed by atoms with E-state index >= 15 is 0 Å². The molecule has 0 aromatic heterocycles. The standard InChI is InChI=1S/C21H31NO2/c1-4-5-6-7-10-21(2,3)15-12-17-20(18(23)13-15)19(24)14-16-9-8-11-22(16)17/h12-13,16,23H,4-11,14H2,1-3H3. The van der Waals surface area contributed by atoms with Crippen molar-refractivity contribution in [3.63, 3.8) is 0 Å². The number of phenols is 1. The molecular weight excluding hydrogens is 298 g/mol. The van der Waals surface area contributed by atoms with Gasteiger partial charge in [0.2, 0.25) is 0 Å². The Morgan fingerprint density at radius 2 is 2.04 bits per heavy atom. The van der Waals surface area contributed by atoms with Gasteiger partial charge in [0.15, 0.2) is 5.78 Å². The van der Waals surface area contributed by atoms with Gasteiger partial charge in [-0.2, -0.15) is 0 Å². The largest absolute Gasteiger partial charge is 0.507 e. The van der Waals surface area contributed by atoms with E-state index in [9.17, 15) is 9.90 Å². The third kappa shape index (κ3) is 3.18. The summed E-state index contributed by atoms with van der Waals surface area (Å²) in [5, 5.41) is 10.6. The van der Waals surface area contributed by atoms with Crippen LogP contribution in [0, 0.1) is 0 Å². The van der Waals surface area contributed by atoms with Crippen molar-refractivity contribution >= 4 is 11.5 Å². The van der Waals surface area contributed by atoms with E-state index < -0.39 is 0 Å². The molecule has 0 bridgehead atoms. The molecule has 1 saturated heterocycles. The van der Waals surface area contributed by atoms with Crippen molar-refractivity contribution in [2.45, 2.75) is 83.6 Å². The van der Waals surface area contributed by atoms with Crippen LogP contribution >= 0.6 is 0 Å². The summed E-state index contributed by atoms with van der Waals surface area (Å²) < 4.78 is 0. The van der Waals surface area contributed by atoms with Crippen molar-refractivity contribution in [3.05, 3.63) is 23.3 Å². The summed E-state index contributed by atoms with van der Waals surface area (Å²) in [6, 6.07) is 4.37. The zero-order valence-electron chi connectivity index (χ0n) is 15.4. The number of hydrogen-bond acceptors (Lipinski definition) is 3. The van der Waals surface area contributed by atoms with E-state index in [1.165, 1.54) is 25.7 Å². The van der Waals surface area contributed by atoms with E-state index in [-0.39, 0.29) is 16.9 Å². The van der Waals surface area contributed by atoms with Crippen LogP contribution in [0.25, 0.3) is 0 Å². The van der Waals surface area contributed by atoms with Gasteiger partial charge < -0.3 is 10.0 Å². The highest BCUT2D eigenvalue weighted by Gasteiger charge is 2.37. The van der Waals surface area contributed by atoms with Crippen LogP contribution in [0.3, 0.4) is 0 Å². The molecule has 0 aliphatic carbocycles. The maximum atomic E-state index is 12.5. The molecule has 2 heterocycles. The molecule has 3 heteroatoms. The van der Waals surface area contributed by atoms with Crippen LogP contribution in [-0.4, -0.2) is 23.5 Å². The number of hydrogen-bond donors (Lipinski definition) is 1. The van der Waals surface area contributed by atoms with Crippen molar-refractivity contribution in [2.75, 3.05) is 11.4 Å². The Bertz CT molecular complexity index is 621. The fourth-order valence-electron chi connectivity index (χ4n) is 4.33. The number of unbranched alkanes of at least 4 members (excludes halogenated alkanes) is 3. The Morgan fingerprint density at radius 3 is 2.79 bits per heavy atom. The number of ketones is 1. The van der Waals surface area contributed by atoms with E-state index in [1.807, 2.05) is 6.07 Å². The number of rotatable bonds is 6. The first-order valence-corrected chi connectivity index (χ1v) is 9.61. The van der Waals surface area contributed by atoms with Gasteiger partial charge in [0, 0.05) is 19.0 Å². The van der Waals surface area contributed by atoms with Crippen LogP contribution < -0.4 is 4.90 Å². The third-order valence-electron chi connectivity index (χ3n) is 5.92. The van der Waals surface area contributed by atoms with Gasteiger partial charge in [-0.3, -0.25) is 4.79 Å². The van der Waals surface area contributed by atoms with E-state index in [0.29, 0.717) is 18.0 Å². The zero-order chi connectivity index (χ0) is 17.3. The van der Waals surface area contributed by atoms with Crippen molar-refractivity contribution in [1.82, 2.24) is 0 Å². The van der Waals surface area contributed by atoms with E-state index in [1.54, 1.807) is 0 Å². The first-order chi connectivity index (χ1) is 11.4. The van der Waals surface area contributed by atoms with Crippen molar-refractivity contribution in [3.8, 4) is 5.75 Å². The molecule has 1 aromatic carbocycles. The van der Waals surface area contributed by atoms with Gasteiger partial charge in [0.1, 0.15) is 5.75 Å². The molecule has 132 valence electrons. The summed E-state index contributed by atoms with van der Waals surface area (Å²) in [5.74, 6) is 0.289. The van der Waals surface area contributed by atoms with Crippen molar-refractivity contribution in [1.29, 1.82) is 0 Å². The van der Waals surface area contributed by atoms with Crippen LogP contribution in [0.1, 0.15) is 88.1 Å². The van der Waals surface area contributed by atoms with Gasteiger partial charge in [-0.1, -0.05) is 46.5 Å². The first-order valence-electron chi connectivity index (χ1n) is 9.61. The van der Waals surface area contributed by atoms with Gasteiger partial charge in [-0.25, -0.2) is 0 Å². The summed E-state index contributed by atoms with van der Waals surface area (Å²) in [7, 11) is 0. The highest BCUT2D eigenvalue weighted by Crippen LogP contribution is 2.43. The SMILES string of the molecule is CCCCCCC(C)(C)c1cc(O)c2c(c1)N1CCCC1CC2=O. The molecule has 0 saturated carbocycles. The average Bonchev–Trinajstić information content (AvgIpc) is 2.99. The molecule has 3 rings (SSSR count). The number of Topliss-reactive ketones (excluding diaryl/α,β-unsaturated/α-hetero) is 1. The second-order valence-electron chi connectivity index (χ2n) is 8.20. The molecule has 0 amide bonds. The number of phenolic OH excluding ortho intramolecular Hbond substituents is 1. The van der Waals surface area contributed by atoms with E-state index in [2.05, 4.69) is 31.7 Å². The Labute approximate surface area is 146 Å². The highest BCUT2D eigenvalue weighted by molar-refractivity contribution is 6.06. The van der Waals surface area contributed by atoms with Crippen LogP contribution in [0.15, 0.2) is 12.1 Å². The third-order valence-corrected chi connectivity index (χ3v) is 5.92. The number of carbonyl (C=O) groups excluding carboxylic acids is 1. The van der Waals surface area contributed by atoms with E-state index in [4.69, 9.17) is 0 Å². The molecule has 1 aromatic rings. The van der Waals surface area contributed by atoms with Crippen molar-refractivity contribution < 1.29 is 9.90 Å². The fraction of sp³-hybridized carbons (Fsp3) is 0.667. The number of benzene rings is 1. The Balaban J connectivity index is 1.89. The van der Waals surface area contributed by atoms with Gasteiger partial charge in [-0.15, -0.1) is 0 Å². The lowest BCUT2D eigenvalue weighted by atomic mass is 9.78. The van der Waals surface area contributed by atoms with Gasteiger partial charge in [0.25, 0.3) is 0 Å². The Hall–Kier alpha value is -1.51. The minimum atomic E-state index is 0.0238. The normalized spacial score (nSPS) is 20.2. The highest BCUT2D eigenvalue weighted by atomic mass is 16.3. The lowest BCUT2D eigenvalue weighted by Gasteiger charge is -2.35. The van der Waals surface area contributed by atoms with Gasteiger partial charge in [-0.05, 0) is 42.4 Å². The smallest absolute Gasteiger partial charge is 0.170 e. The van der Waals surface area contributed by atoms with Crippen LogP contribution in [0.4, 0.5) is 5.69 Å². The molecule has 0 spiro atoms. The predicted octanol–water partition coefficient (Wildman–Crippen LogP) is 5.20. The van der Waals surface area contributed by atoms with E-state index in [0.717, 1.165) is 37.1 Å². The number of carbonyl (C=O) groups is 1. The summed E-state index contributed by atoms with van der Waals surface area (Å²) in [6.07, 6.45) is 8.92. The molecular formula is C21H31NO2. The van der Waals surface area contributed by atoms with Crippen LogP contribution in [0.5, 0.6) is 5.75 Å². The maximum Gasteiger partial charge on any atom is 0.170 e. The molecule has 2 aliphatic heterocycles. The molecule has 24 heavy (non-hydrogen) atoms. The second-order valence-corrected chi connectivity index (χ2v) is 8.20. The summed E-state index contributed by atoms with van der Waals surface area (Å²) >= 11 is 0. The number of aromatic hydroxyl groups is 1. The first kappa shape index (κ1) is 17.3. The number of fused-ring (bicyclic) bond motifs is 3. The van der Waals surface area contributed by atoms with Gasteiger partial charge in [0.05, 0.1) is 11.3 Å². The summed E-state index contributed by atoms with van der Waals surface area (Å²) in [4.78, 5) is 14.8. The molecule has 1 fully saturated rings. The van der Waals surface area contributed by atoms with Crippen LogP contribution in [-0.2, 0) is 5.41 Å². The topological polar surface area (TPSA) is 40.5 Å². The summed E-state index contributed by atoms with van der Waals surface area (Å²) in [6.45, 7) is 7.75. The van der Waals surface area contributed by atoms with Gasteiger partial charge >= 0.3 is 0 Å². The minimum absolute atomic E-state index is 0.0238. The van der Waals surface area contributed by atoms with Crippen molar-refractivity contribution in [2.24, 2.45) is 0 Å². The lowest BCUT2D eigenvalue weighted by Crippen LogP contribution is -2.37. The quantitative estimate of drug-likeness (QED) is 0.730.